The average molecular weight is 726 g/mol. The Labute approximate surface area is 307 Å². The number of carbonyl (C=O) groups is 2. The smallest absolute Gasteiger partial charge is 0.273 e. The predicted molar refractivity (Wildman–Crippen MR) is 197 cm³/mol. The number of benzene rings is 2. The average Bonchev–Trinajstić information content (AvgIpc) is 3.11. The van der Waals surface area contributed by atoms with E-state index >= 15 is 0 Å². The molecule has 2 heterocycles. The van der Waals surface area contributed by atoms with Gasteiger partial charge >= 0.3 is 0 Å². The molecule has 2 amide bonds. The van der Waals surface area contributed by atoms with Crippen molar-refractivity contribution in [2.45, 2.75) is 74.7 Å². The molecule has 2 saturated carbocycles. The van der Waals surface area contributed by atoms with Crippen LogP contribution >= 0.6 is 23.2 Å². The number of carbonyl (C=O) groups excluding carboxylic acids is 2. The van der Waals surface area contributed by atoms with Crippen LogP contribution in [0.1, 0.15) is 83.5 Å². The van der Waals surface area contributed by atoms with Crippen LogP contribution in [0.25, 0.3) is 0 Å². The summed E-state index contributed by atoms with van der Waals surface area (Å²) in [5, 5.41) is 28.6. The molecule has 0 unspecified atom stereocenters. The van der Waals surface area contributed by atoms with Gasteiger partial charge < -0.3 is 26.6 Å². The number of anilines is 1. The molecule has 2 aliphatic carbocycles. The Hall–Kier alpha value is -4.97. The minimum absolute atomic E-state index is 0.0804. The summed E-state index contributed by atoms with van der Waals surface area (Å²) in [6.45, 7) is 0. The van der Waals surface area contributed by atoms with Gasteiger partial charge in [0.25, 0.3) is 11.8 Å². The maximum absolute atomic E-state index is 12.3. The number of aromatic nitrogens is 3. The first-order chi connectivity index (χ1) is 24.5. The lowest BCUT2D eigenvalue weighted by atomic mass is 9.82. The van der Waals surface area contributed by atoms with Crippen LogP contribution in [0.3, 0.4) is 0 Å². The number of pyridine rings is 1. The van der Waals surface area contributed by atoms with Crippen molar-refractivity contribution in [2.75, 3.05) is 5.73 Å². The van der Waals surface area contributed by atoms with Crippen molar-refractivity contribution in [3.63, 3.8) is 0 Å². The molecule has 0 radical (unpaired) electrons. The molecule has 2 aromatic heterocycles. The molecule has 2 fully saturated rings. The highest BCUT2D eigenvalue weighted by Crippen LogP contribution is 2.29. The standard InChI is InChI=1S/C20H19ClN2O2.C19H19ClN4O2/c21-16-6-3-5-15(13-16)9-11-20(25)10-4-7-17(14-20)23-19(24)18-8-1-2-12-22-18;20-14-4-1-3-13(11-14)6-8-19(26)7-2-5-15(12-19)24-18(25)16-17(21)23-10-9-22-16/h1-3,5-6,8,12-13,17,25H,4,7,10,14H2,(H,23,24);1,3-4,9-11,15,26H,2,5,7,12H2,(H2,21,23)(H,24,25)/t17-,20+;15-,19+/m00/s1. The van der Waals surface area contributed by atoms with Gasteiger partial charge in [-0.3, -0.25) is 14.6 Å². The molecule has 0 saturated heterocycles. The summed E-state index contributed by atoms with van der Waals surface area (Å²) in [4.78, 5) is 36.4. The SMILES string of the molecule is Nc1nccnc1C(=O)N[C@H]1CCC[C@@](O)(C#Cc2cccc(Cl)c2)C1.O=C(N[C@H]1CCC[C@@](O)(C#Cc2cccc(Cl)c2)C1)c1ccccn1. The largest absolute Gasteiger partial charge is 0.382 e. The Kier molecular flexibility index (Phi) is 12.7. The van der Waals surface area contributed by atoms with Crippen LogP contribution in [0.15, 0.2) is 85.3 Å². The van der Waals surface area contributed by atoms with E-state index in [4.69, 9.17) is 28.9 Å². The first kappa shape index (κ1) is 37.3. The number of hydrogen-bond acceptors (Lipinski definition) is 8. The van der Waals surface area contributed by atoms with E-state index in [-0.39, 0.29) is 29.5 Å². The molecule has 51 heavy (non-hydrogen) atoms. The highest BCUT2D eigenvalue weighted by Gasteiger charge is 2.35. The van der Waals surface area contributed by atoms with Crippen LogP contribution in [0.2, 0.25) is 10.0 Å². The normalized spacial score (nSPS) is 22.4. The van der Waals surface area contributed by atoms with Crippen LogP contribution < -0.4 is 16.4 Å². The van der Waals surface area contributed by atoms with E-state index in [1.54, 1.807) is 48.7 Å². The Balaban J connectivity index is 0.000000198. The van der Waals surface area contributed by atoms with Crippen LogP contribution in [0.5, 0.6) is 0 Å². The third kappa shape index (κ3) is 11.3. The zero-order chi connectivity index (χ0) is 36.3. The van der Waals surface area contributed by atoms with E-state index < -0.39 is 17.1 Å². The lowest BCUT2D eigenvalue weighted by Gasteiger charge is -2.33. The van der Waals surface area contributed by atoms with Crippen molar-refractivity contribution in [1.29, 1.82) is 0 Å². The Bertz CT molecular complexity index is 1970. The second kappa shape index (κ2) is 17.3. The summed E-state index contributed by atoms with van der Waals surface area (Å²) in [5.74, 6) is 11.3. The van der Waals surface area contributed by atoms with Gasteiger partial charge in [-0.05, 0) is 87.1 Å². The second-order valence-corrected chi connectivity index (χ2v) is 13.5. The fourth-order valence-electron chi connectivity index (χ4n) is 6.02. The number of nitrogens with two attached hydrogens (primary N) is 1. The number of hydrogen-bond donors (Lipinski definition) is 5. The fraction of sp³-hybridized carbons (Fsp3) is 0.308. The van der Waals surface area contributed by atoms with Gasteiger partial charge in [-0.2, -0.15) is 0 Å². The van der Waals surface area contributed by atoms with Gasteiger partial charge in [-0.25, -0.2) is 9.97 Å². The summed E-state index contributed by atoms with van der Waals surface area (Å²) in [6.07, 6.45) is 9.45. The zero-order valence-electron chi connectivity index (χ0n) is 27.8. The number of halogens is 2. The third-order valence-corrected chi connectivity index (χ3v) is 8.96. The van der Waals surface area contributed by atoms with Gasteiger partial charge in [0.05, 0.1) is 0 Å². The van der Waals surface area contributed by atoms with Crippen molar-refractivity contribution in [1.82, 2.24) is 25.6 Å². The molecule has 2 aliphatic rings. The molecule has 4 aromatic rings. The first-order valence-electron chi connectivity index (χ1n) is 16.6. The van der Waals surface area contributed by atoms with Crippen molar-refractivity contribution >= 4 is 40.8 Å². The van der Waals surface area contributed by atoms with Gasteiger partial charge in [0, 0.05) is 64.7 Å². The topological polar surface area (TPSA) is 163 Å². The molecule has 12 heteroatoms. The molecule has 262 valence electrons. The molecule has 10 nitrogen and oxygen atoms in total. The van der Waals surface area contributed by atoms with Crippen LogP contribution in [-0.4, -0.2) is 60.3 Å². The van der Waals surface area contributed by atoms with E-state index in [1.807, 2.05) is 24.3 Å². The lowest BCUT2D eigenvalue weighted by Crippen LogP contribution is -2.45. The molecule has 6 rings (SSSR count). The number of nitrogens with zero attached hydrogens (tertiary/aromatic N) is 3. The van der Waals surface area contributed by atoms with E-state index in [0.717, 1.165) is 36.8 Å². The number of aliphatic hydroxyl groups is 2. The molecule has 6 N–H and O–H groups in total. The second-order valence-electron chi connectivity index (χ2n) is 12.6. The predicted octanol–water partition coefficient (Wildman–Crippen LogP) is 5.36. The number of nitrogen functional groups attached to an aromatic ring is 1. The monoisotopic (exact) mass is 724 g/mol. The van der Waals surface area contributed by atoms with Crippen LogP contribution in [0.4, 0.5) is 5.82 Å². The minimum Gasteiger partial charge on any atom is -0.382 e. The summed E-state index contributed by atoms with van der Waals surface area (Å²) in [5.41, 5.74) is 5.39. The highest BCUT2D eigenvalue weighted by atomic mass is 35.5. The van der Waals surface area contributed by atoms with E-state index in [9.17, 15) is 19.8 Å². The summed E-state index contributed by atoms with van der Waals surface area (Å²) in [6, 6.07) is 19.3. The summed E-state index contributed by atoms with van der Waals surface area (Å²) < 4.78 is 0. The summed E-state index contributed by atoms with van der Waals surface area (Å²) >= 11 is 11.9. The minimum atomic E-state index is -1.16. The van der Waals surface area contributed by atoms with Crippen molar-refractivity contribution < 1.29 is 19.8 Å². The third-order valence-electron chi connectivity index (χ3n) is 8.49. The Morgan fingerprint density at radius 1 is 0.725 bits per heavy atom. The zero-order valence-corrected chi connectivity index (χ0v) is 29.3. The van der Waals surface area contributed by atoms with Crippen molar-refractivity contribution in [3.05, 3.63) is 118 Å². The van der Waals surface area contributed by atoms with Gasteiger partial charge in [-0.1, -0.05) is 65.1 Å². The fourth-order valence-corrected chi connectivity index (χ4v) is 6.40. The van der Waals surface area contributed by atoms with Crippen LogP contribution in [-0.2, 0) is 0 Å². The van der Waals surface area contributed by atoms with Gasteiger partial charge in [-0.15, -0.1) is 0 Å². The van der Waals surface area contributed by atoms with Gasteiger partial charge in [0.15, 0.2) is 11.5 Å². The van der Waals surface area contributed by atoms with Gasteiger partial charge in [0.1, 0.15) is 16.9 Å². The van der Waals surface area contributed by atoms with Gasteiger partial charge in [0.2, 0.25) is 0 Å². The van der Waals surface area contributed by atoms with Crippen molar-refractivity contribution in [2.24, 2.45) is 0 Å². The maximum Gasteiger partial charge on any atom is 0.273 e. The van der Waals surface area contributed by atoms with Crippen LogP contribution in [0, 0.1) is 23.7 Å². The molecular formula is C39H38Cl2N6O4. The quantitative estimate of drug-likeness (QED) is 0.176. The number of rotatable bonds is 4. The molecule has 0 spiro atoms. The van der Waals surface area contributed by atoms with E-state index in [2.05, 4.69) is 49.3 Å². The summed E-state index contributed by atoms with van der Waals surface area (Å²) in [7, 11) is 0. The molecule has 0 bridgehead atoms. The number of amides is 2. The highest BCUT2D eigenvalue weighted by molar-refractivity contribution is 6.31. The Morgan fingerprint density at radius 2 is 1.27 bits per heavy atom. The molecule has 4 atom stereocenters. The molecular weight excluding hydrogens is 687 g/mol. The molecule has 0 aliphatic heterocycles. The van der Waals surface area contributed by atoms with E-state index in [0.29, 0.717) is 41.4 Å². The number of nitrogens with one attached hydrogen (secondary N) is 2. The maximum atomic E-state index is 12.3. The van der Waals surface area contributed by atoms with E-state index in [1.165, 1.54) is 12.4 Å². The Morgan fingerprint density at radius 3 is 1.78 bits per heavy atom. The molecule has 2 aromatic carbocycles. The lowest BCUT2D eigenvalue weighted by molar-refractivity contribution is 0.0443. The first-order valence-corrected chi connectivity index (χ1v) is 17.4. The van der Waals surface area contributed by atoms with Crippen molar-refractivity contribution in [3.8, 4) is 23.7 Å².